The Balaban J connectivity index is 2.05. The Kier molecular flexibility index (Phi) is 4.38. The Hall–Kier alpha value is -0.900. The molecule has 1 aliphatic carbocycles. The maximum absolute atomic E-state index is 13.1. The van der Waals surface area contributed by atoms with E-state index in [0.717, 1.165) is 19.3 Å². The number of carbonyl (C=O) groups excluding carboxylic acids is 1. The number of nitrogens with one attached hydrogen (secondary N) is 1. The maximum atomic E-state index is 13.1. The van der Waals surface area contributed by atoms with E-state index in [1.165, 1.54) is 18.6 Å². The van der Waals surface area contributed by atoms with E-state index in [-0.39, 0.29) is 17.8 Å². The molecule has 18 heavy (non-hydrogen) atoms. The summed E-state index contributed by atoms with van der Waals surface area (Å²) in [7, 11) is 0. The van der Waals surface area contributed by atoms with Crippen LogP contribution in [0.3, 0.4) is 0 Å². The molecule has 1 aromatic carbocycles. The van der Waals surface area contributed by atoms with Crippen molar-refractivity contribution in [3.8, 4) is 0 Å². The molecule has 1 saturated carbocycles. The van der Waals surface area contributed by atoms with Crippen LogP contribution in [-0.2, 0) is 0 Å². The number of benzene rings is 1. The Morgan fingerprint density at radius 2 is 2.22 bits per heavy atom. The summed E-state index contributed by atoms with van der Waals surface area (Å²) in [5.74, 6) is 0.0702. The largest absolute Gasteiger partial charge is 0.349 e. The molecular weight excluding hydrogens is 297 g/mol. The Morgan fingerprint density at radius 1 is 1.44 bits per heavy atom. The van der Waals surface area contributed by atoms with Crippen LogP contribution < -0.4 is 5.32 Å². The number of rotatable bonds is 2. The molecule has 0 heterocycles. The lowest BCUT2D eigenvalue weighted by molar-refractivity contribution is 0.0920. The molecule has 2 unspecified atom stereocenters. The smallest absolute Gasteiger partial charge is 0.252 e. The van der Waals surface area contributed by atoms with Crippen LogP contribution in [0.4, 0.5) is 4.39 Å². The molecule has 0 radical (unpaired) electrons. The summed E-state index contributed by atoms with van der Waals surface area (Å²) >= 11 is 3.28. The highest BCUT2D eigenvalue weighted by Crippen LogP contribution is 2.24. The minimum atomic E-state index is -0.389. The quantitative estimate of drug-likeness (QED) is 0.881. The van der Waals surface area contributed by atoms with Gasteiger partial charge in [0.1, 0.15) is 5.82 Å². The molecule has 0 spiro atoms. The second-order valence-electron chi connectivity index (χ2n) is 5.07. The van der Waals surface area contributed by atoms with E-state index in [1.807, 2.05) is 0 Å². The highest BCUT2D eigenvalue weighted by molar-refractivity contribution is 9.10. The van der Waals surface area contributed by atoms with Crippen LogP contribution in [0.15, 0.2) is 22.7 Å². The van der Waals surface area contributed by atoms with Gasteiger partial charge in [0.05, 0.1) is 5.56 Å². The minimum Gasteiger partial charge on any atom is -0.349 e. The van der Waals surface area contributed by atoms with Gasteiger partial charge in [-0.1, -0.05) is 19.8 Å². The van der Waals surface area contributed by atoms with Crippen molar-refractivity contribution in [1.29, 1.82) is 0 Å². The molecule has 98 valence electrons. The molecule has 1 fully saturated rings. The first-order valence-corrected chi connectivity index (χ1v) is 7.11. The van der Waals surface area contributed by atoms with Gasteiger partial charge in [0.2, 0.25) is 0 Å². The lowest BCUT2D eigenvalue weighted by Crippen LogP contribution is -2.38. The summed E-state index contributed by atoms with van der Waals surface area (Å²) in [5.41, 5.74) is 0.369. The van der Waals surface area contributed by atoms with Crippen molar-refractivity contribution in [3.63, 3.8) is 0 Å². The monoisotopic (exact) mass is 313 g/mol. The minimum absolute atomic E-state index is 0.194. The van der Waals surface area contributed by atoms with Gasteiger partial charge in [0.25, 0.3) is 5.91 Å². The van der Waals surface area contributed by atoms with Gasteiger partial charge in [-0.25, -0.2) is 4.39 Å². The predicted octanol–water partition coefficient (Wildman–Crippen LogP) is 3.90. The number of carbonyl (C=O) groups is 1. The molecule has 1 aliphatic rings. The van der Waals surface area contributed by atoms with E-state index < -0.39 is 0 Å². The summed E-state index contributed by atoms with van der Waals surface area (Å²) in [6.07, 6.45) is 4.41. The third kappa shape index (κ3) is 3.31. The first kappa shape index (κ1) is 13.5. The van der Waals surface area contributed by atoms with E-state index in [9.17, 15) is 9.18 Å². The van der Waals surface area contributed by atoms with E-state index in [2.05, 4.69) is 28.2 Å². The van der Waals surface area contributed by atoms with Crippen molar-refractivity contribution < 1.29 is 9.18 Å². The van der Waals surface area contributed by atoms with Crippen LogP contribution >= 0.6 is 15.9 Å². The van der Waals surface area contributed by atoms with Gasteiger partial charge in [-0.3, -0.25) is 4.79 Å². The van der Waals surface area contributed by atoms with E-state index in [4.69, 9.17) is 0 Å². The van der Waals surface area contributed by atoms with Crippen molar-refractivity contribution in [1.82, 2.24) is 5.32 Å². The Labute approximate surface area is 115 Å². The van der Waals surface area contributed by atoms with Crippen molar-refractivity contribution >= 4 is 21.8 Å². The first-order chi connectivity index (χ1) is 8.56. The summed E-state index contributed by atoms with van der Waals surface area (Å²) in [5, 5.41) is 3.00. The van der Waals surface area contributed by atoms with Crippen LogP contribution in [0.1, 0.15) is 43.0 Å². The summed E-state index contributed by atoms with van der Waals surface area (Å²) < 4.78 is 13.8. The van der Waals surface area contributed by atoms with Crippen molar-refractivity contribution in [2.75, 3.05) is 0 Å². The lowest BCUT2D eigenvalue weighted by Gasteiger charge is -2.27. The maximum Gasteiger partial charge on any atom is 0.252 e. The molecule has 0 bridgehead atoms. The highest BCUT2D eigenvalue weighted by Gasteiger charge is 2.21. The van der Waals surface area contributed by atoms with Gasteiger partial charge in [0.15, 0.2) is 0 Å². The fourth-order valence-electron chi connectivity index (χ4n) is 2.50. The molecule has 0 aliphatic heterocycles. The van der Waals surface area contributed by atoms with Crippen LogP contribution in [-0.4, -0.2) is 11.9 Å². The number of hydrogen-bond donors (Lipinski definition) is 1. The summed E-state index contributed by atoms with van der Waals surface area (Å²) in [6.45, 7) is 2.20. The molecule has 0 aromatic heterocycles. The van der Waals surface area contributed by atoms with E-state index in [0.29, 0.717) is 16.0 Å². The van der Waals surface area contributed by atoms with Crippen molar-refractivity contribution in [3.05, 3.63) is 34.1 Å². The molecule has 2 rings (SSSR count). The summed E-state index contributed by atoms with van der Waals surface area (Å²) in [4.78, 5) is 12.1. The Morgan fingerprint density at radius 3 is 2.94 bits per heavy atom. The van der Waals surface area contributed by atoms with Crippen LogP contribution in [0.5, 0.6) is 0 Å². The molecule has 1 amide bonds. The SMILES string of the molecule is CC1CCCC(NC(=O)c2cc(F)ccc2Br)C1. The van der Waals surface area contributed by atoms with Crippen LogP contribution in [0.2, 0.25) is 0 Å². The summed E-state index contributed by atoms with van der Waals surface area (Å²) in [6, 6.07) is 4.39. The van der Waals surface area contributed by atoms with Gasteiger partial charge < -0.3 is 5.32 Å². The van der Waals surface area contributed by atoms with E-state index in [1.54, 1.807) is 6.07 Å². The van der Waals surface area contributed by atoms with Gasteiger partial charge in [0, 0.05) is 10.5 Å². The highest BCUT2D eigenvalue weighted by atomic mass is 79.9. The Bertz CT molecular complexity index is 449. The third-order valence-electron chi connectivity index (χ3n) is 3.44. The first-order valence-electron chi connectivity index (χ1n) is 6.32. The standard InChI is InChI=1S/C14H17BrFNO/c1-9-3-2-4-11(7-9)17-14(18)12-8-10(16)5-6-13(12)15/h5-6,8-9,11H,2-4,7H2,1H3,(H,17,18). The van der Waals surface area contributed by atoms with Crippen LogP contribution in [0.25, 0.3) is 0 Å². The molecule has 0 saturated heterocycles. The van der Waals surface area contributed by atoms with E-state index >= 15 is 0 Å². The molecule has 2 atom stereocenters. The van der Waals surface area contributed by atoms with Crippen molar-refractivity contribution in [2.24, 2.45) is 5.92 Å². The molecule has 2 nitrogen and oxygen atoms in total. The topological polar surface area (TPSA) is 29.1 Å². The number of hydrogen-bond acceptors (Lipinski definition) is 1. The molecule has 4 heteroatoms. The molecule has 1 N–H and O–H groups in total. The molecular formula is C14H17BrFNO. The zero-order valence-electron chi connectivity index (χ0n) is 10.4. The molecule has 1 aromatic rings. The second-order valence-corrected chi connectivity index (χ2v) is 5.92. The van der Waals surface area contributed by atoms with Gasteiger partial charge in [-0.2, -0.15) is 0 Å². The van der Waals surface area contributed by atoms with Crippen molar-refractivity contribution in [2.45, 2.75) is 38.6 Å². The third-order valence-corrected chi connectivity index (χ3v) is 4.14. The average Bonchev–Trinajstić information content (AvgIpc) is 2.32. The fourth-order valence-corrected chi connectivity index (χ4v) is 2.93. The average molecular weight is 314 g/mol. The zero-order chi connectivity index (χ0) is 13.1. The lowest BCUT2D eigenvalue weighted by atomic mass is 9.87. The fraction of sp³-hybridized carbons (Fsp3) is 0.500. The van der Waals surface area contributed by atoms with Gasteiger partial charge in [-0.05, 0) is 52.9 Å². The van der Waals surface area contributed by atoms with Gasteiger partial charge >= 0.3 is 0 Å². The number of amides is 1. The van der Waals surface area contributed by atoms with Crippen LogP contribution in [0, 0.1) is 11.7 Å². The zero-order valence-corrected chi connectivity index (χ0v) is 12.0. The second kappa shape index (κ2) is 5.83. The van der Waals surface area contributed by atoms with Gasteiger partial charge in [-0.15, -0.1) is 0 Å². The number of halogens is 2. The predicted molar refractivity (Wildman–Crippen MR) is 73.0 cm³/mol. The normalized spacial score (nSPS) is 23.7.